The fourth-order valence-corrected chi connectivity index (χ4v) is 2.97. The van der Waals surface area contributed by atoms with Gasteiger partial charge in [-0.2, -0.15) is 0 Å². The van der Waals surface area contributed by atoms with E-state index < -0.39 is 22.5 Å². The number of aromatic carboxylic acids is 1. The molecule has 0 atom stereocenters. The standard InChI is InChI=1S/C17H22N2O6/c1-2-25-7-6-17(4-3-5-17)11-18-15(20)12-8-13(16(21)22)10-14(9-12)19(23)24/h8-10H,2-7,11H2,1H3,(H,18,20)(H,21,22). The number of carbonyl (C=O) groups is 2. The molecule has 1 aromatic carbocycles. The minimum atomic E-state index is -1.31. The number of ether oxygens (including phenoxy) is 1. The smallest absolute Gasteiger partial charge is 0.335 e. The first-order valence-corrected chi connectivity index (χ1v) is 8.25. The molecule has 0 radical (unpaired) electrons. The highest BCUT2D eigenvalue weighted by Crippen LogP contribution is 2.43. The number of non-ortho nitro benzene ring substituents is 1. The molecule has 2 rings (SSSR count). The number of rotatable bonds is 9. The zero-order chi connectivity index (χ0) is 18.4. The van der Waals surface area contributed by atoms with E-state index in [0.29, 0.717) is 19.8 Å². The molecular formula is C17H22N2O6. The van der Waals surface area contributed by atoms with Crippen LogP contribution in [0.25, 0.3) is 0 Å². The summed E-state index contributed by atoms with van der Waals surface area (Å²) in [6, 6.07) is 3.18. The van der Waals surface area contributed by atoms with Crippen LogP contribution >= 0.6 is 0 Å². The normalized spacial score (nSPS) is 15.2. The molecule has 8 heteroatoms. The lowest BCUT2D eigenvalue weighted by Gasteiger charge is -2.42. The van der Waals surface area contributed by atoms with Crippen molar-refractivity contribution in [2.75, 3.05) is 19.8 Å². The van der Waals surface area contributed by atoms with E-state index in [-0.39, 0.29) is 16.5 Å². The molecule has 0 heterocycles. The molecule has 0 unspecified atom stereocenters. The maximum absolute atomic E-state index is 12.4. The Labute approximate surface area is 145 Å². The summed E-state index contributed by atoms with van der Waals surface area (Å²) in [5.74, 6) is -1.82. The van der Waals surface area contributed by atoms with E-state index in [1.807, 2.05) is 6.92 Å². The number of nitro groups is 1. The van der Waals surface area contributed by atoms with E-state index >= 15 is 0 Å². The average Bonchev–Trinajstić information content (AvgIpc) is 2.55. The Hall–Kier alpha value is -2.48. The average molecular weight is 350 g/mol. The molecule has 1 aromatic rings. The second-order valence-electron chi connectivity index (χ2n) is 6.31. The monoisotopic (exact) mass is 350 g/mol. The number of carboxylic acids is 1. The summed E-state index contributed by atoms with van der Waals surface area (Å²) in [5.41, 5.74) is -0.721. The molecule has 136 valence electrons. The van der Waals surface area contributed by atoms with Crippen LogP contribution in [0.5, 0.6) is 0 Å². The maximum Gasteiger partial charge on any atom is 0.335 e. The van der Waals surface area contributed by atoms with Gasteiger partial charge in [0.2, 0.25) is 0 Å². The number of hydrogen-bond acceptors (Lipinski definition) is 5. The maximum atomic E-state index is 12.4. The fraction of sp³-hybridized carbons (Fsp3) is 0.529. The lowest BCUT2D eigenvalue weighted by Crippen LogP contribution is -2.43. The number of nitrogens with one attached hydrogen (secondary N) is 1. The molecular weight excluding hydrogens is 328 g/mol. The third-order valence-corrected chi connectivity index (χ3v) is 4.66. The molecule has 2 N–H and O–H groups in total. The molecule has 0 spiro atoms. The summed E-state index contributed by atoms with van der Waals surface area (Å²) in [5, 5.41) is 22.8. The molecule has 1 fully saturated rings. The summed E-state index contributed by atoms with van der Waals surface area (Å²) in [6.45, 7) is 3.65. The van der Waals surface area contributed by atoms with Gasteiger partial charge >= 0.3 is 5.97 Å². The van der Waals surface area contributed by atoms with Crippen molar-refractivity contribution in [1.82, 2.24) is 5.32 Å². The molecule has 1 aliphatic rings. The van der Waals surface area contributed by atoms with Gasteiger partial charge in [-0.3, -0.25) is 14.9 Å². The van der Waals surface area contributed by atoms with Crippen LogP contribution in [0.4, 0.5) is 5.69 Å². The molecule has 8 nitrogen and oxygen atoms in total. The number of hydrogen-bond donors (Lipinski definition) is 2. The molecule has 0 saturated heterocycles. The highest BCUT2D eigenvalue weighted by atomic mass is 16.6. The first-order valence-electron chi connectivity index (χ1n) is 8.25. The van der Waals surface area contributed by atoms with Gasteiger partial charge in [0.15, 0.2) is 0 Å². The lowest BCUT2D eigenvalue weighted by molar-refractivity contribution is -0.384. The SMILES string of the molecule is CCOCCC1(CNC(=O)c2cc(C(=O)O)cc([N+](=O)[O-])c2)CCC1. The Kier molecular flexibility index (Phi) is 6.08. The van der Waals surface area contributed by atoms with Crippen molar-refractivity contribution in [2.24, 2.45) is 5.41 Å². The van der Waals surface area contributed by atoms with Gasteiger partial charge < -0.3 is 15.2 Å². The van der Waals surface area contributed by atoms with Crippen molar-refractivity contribution in [1.29, 1.82) is 0 Å². The van der Waals surface area contributed by atoms with Gasteiger partial charge in [-0.25, -0.2) is 4.79 Å². The summed E-state index contributed by atoms with van der Waals surface area (Å²) in [6.07, 6.45) is 3.93. The number of carbonyl (C=O) groups excluding carboxylic acids is 1. The third-order valence-electron chi connectivity index (χ3n) is 4.66. The first kappa shape index (κ1) is 18.9. The Bertz CT molecular complexity index is 637. The first-order chi connectivity index (χ1) is 11.9. The highest BCUT2D eigenvalue weighted by Gasteiger charge is 2.36. The van der Waals surface area contributed by atoms with E-state index in [1.165, 1.54) is 0 Å². The quantitative estimate of drug-likeness (QED) is 0.401. The molecule has 0 bridgehead atoms. The van der Waals surface area contributed by atoms with Gasteiger partial charge in [-0.15, -0.1) is 0 Å². The highest BCUT2D eigenvalue weighted by molar-refractivity contribution is 5.98. The van der Waals surface area contributed by atoms with Crippen molar-refractivity contribution < 1.29 is 24.4 Å². The zero-order valence-corrected chi connectivity index (χ0v) is 14.1. The minimum Gasteiger partial charge on any atom is -0.478 e. The number of benzene rings is 1. The summed E-state index contributed by atoms with van der Waals surface area (Å²) in [7, 11) is 0. The predicted molar refractivity (Wildman–Crippen MR) is 89.8 cm³/mol. The molecule has 1 aliphatic carbocycles. The Morgan fingerprint density at radius 3 is 2.52 bits per heavy atom. The van der Waals surface area contributed by atoms with Crippen LogP contribution in [0, 0.1) is 15.5 Å². The fourth-order valence-electron chi connectivity index (χ4n) is 2.97. The van der Waals surface area contributed by atoms with Crippen LogP contribution in [0.1, 0.15) is 53.3 Å². The van der Waals surface area contributed by atoms with Crippen molar-refractivity contribution in [3.63, 3.8) is 0 Å². The summed E-state index contributed by atoms with van der Waals surface area (Å²) >= 11 is 0. The second kappa shape index (κ2) is 8.06. The van der Waals surface area contributed by atoms with Gasteiger partial charge in [0.05, 0.1) is 10.5 Å². The van der Waals surface area contributed by atoms with Crippen molar-refractivity contribution in [3.05, 3.63) is 39.4 Å². The largest absolute Gasteiger partial charge is 0.478 e. The van der Waals surface area contributed by atoms with Crippen LogP contribution in [-0.4, -0.2) is 41.7 Å². The van der Waals surface area contributed by atoms with Crippen LogP contribution in [0.15, 0.2) is 18.2 Å². The number of nitrogens with zero attached hydrogens (tertiary/aromatic N) is 1. The van der Waals surface area contributed by atoms with Gasteiger partial charge in [0, 0.05) is 37.5 Å². The van der Waals surface area contributed by atoms with Gasteiger partial charge in [-0.1, -0.05) is 6.42 Å². The second-order valence-corrected chi connectivity index (χ2v) is 6.31. The number of carboxylic acid groups (broad SMARTS) is 1. The van der Waals surface area contributed by atoms with E-state index in [9.17, 15) is 19.7 Å². The van der Waals surface area contributed by atoms with Crippen LogP contribution in [0.3, 0.4) is 0 Å². The van der Waals surface area contributed by atoms with Crippen LogP contribution < -0.4 is 5.32 Å². The minimum absolute atomic E-state index is 0.00116. The topological polar surface area (TPSA) is 119 Å². The van der Waals surface area contributed by atoms with Gasteiger partial charge in [0.25, 0.3) is 11.6 Å². The third kappa shape index (κ3) is 4.76. The molecule has 1 amide bonds. The van der Waals surface area contributed by atoms with Crippen molar-refractivity contribution in [3.8, 4) is 0 Å². The van der Waals surface area contributed by atoms with Crippen LogP contribution in [-0.2, 0) is 4.74 Å². The van der Waals surface area contributed by atoms with E-state index in [0.717, 1.165) is 43.9 Å². The summed E-state index contributed by atoms with van der Waals surface area (Å²) in [4.78, 5) is 33.7. The molecule has 0 aromatic heterocycles. The van der Waals surface area contributed by atoms with E-state index in [2.05, 4.69) is 5.32 Å². The molecule has 25 heavy (non-hydrogen) atoms. The van der Waals surface area contributed by atoms with Gasteiger partial charge in [0.1, 0.15) is 0 Å². The number of nitro benzene ring substituents is 1. The zero-order valence-electron chi connectivity index (χ0n) is 14.1. The molecule has 0 aliphatic heterocycles. The van der Waals surface area contributed by atoms with Crippen LogP contribution in [0.2, 0.25) is 0 Å². The van der Waals surface area contributed by atoms with Crippen molar-refractivity contribution >= 4 is 17.6 Å². The van der Waals surface area contributed by atoms with E-state index in [4.69, 9.17) is 9.84 Å². The van der Waals surface area contributed by atoms with Crippen molar-refractivity contribution in [2.45, 2.75) is 32.6 Å². The molecule has 1 saturated carbocycles. The van der Waals surface area contributed by atoms with Gasteiger partial charge in [-0.05, 0) is 37.7 Å². The Morgan fingerprint density at radius 1 is 1.32 bits per heavy atom. The number of amides is 1. The lowest BCUT2D eigenvalue weighted by atomic mass is 9.66. The van der Waals surface area contributed by atoms with E-state index in [1.54, 1.807) is 0 Å². The Morgan fingerprint density at radius 2 is 2.00 bits per heavy atom. The summed E-state index contributed by atoms with van der Waals surface area (Å²) < 4.78 is 5.39. The predicted octanol–water partition coefficient (Wildman–Crippen LogP) is 2.62. The Balaban J connectivity index is 2.07.